The molecule has 0 aliphatic rings. The first-order valence-electron chi connectivity index (χ1n) is 4.12. The van der Waals surface area contributed by atoms with E-state index >= 15 is 0 Å². The highest BCUT2D eigenvalue weighted by Crippen LogP contribution is 2.21. The molecule has 3 aromatic rings. The fourth-order valence-electron chi connectivity index (χ4n) is 1.58. The van der Waals surface area contributed by atoms with Crippen LogP contribution < -0.4 is 0 Å². The summed E-state index contributed by atoms with van der Waals surface area (Å²) >= 11 is 0. The molecule has 62 valence electrons. The van der Waals surface area contributed by atoms with Crippen molar-refractivity contribution in [1.82, 2.24) is 15.2 Å². The van der Waals surface area contributed by atoms with E-state index in [1.807, 2.05) is 30.5 Å². The Kier molecular flexibility index (Phi) is 1.16. The van der Waals surface area contributed by atoms with E-state index in [0.717, 1.165) is 16.4 Å². The highest BCUT2D eigenvalue weighted by atomic mass is 15.1. The van der Waals surface area contributed by atoms with Crippen LogP contribution in [0.1, 0.15) is 0 Å². The third-order valence-corrected chi connectivity index (χ3v) is 2.21. The van der Waals surface area contributed by atoms with Crippen LogP contribution in [0.5, 0.6) is 0 Å². The van der Waals surface area contributed by atoms with Gasteiger partial charge in [-0.25, -0.2) is 0 Å². The molecule has 0 amide bonds. The van der Waals surface area contributed by atoms with Gasteiger partial charge in [0.1, 0.15) is 0 Å². The summed E-state index contributed by atoms with van der Waals surface area (Å²) in [7, 11) is 0. The van der Waals surface area contributed by atoms with Gasteiger partial charge in [-0.1, -0.05) is 6.07 Å². The molecule has 0 radical (unpaired) electrons. The molecular weight excluding hydrogens is 162 g/mol. The Morgan fingerprint density at radius 3 is 3.00 bits per heavy atom. The summed E-state index contributed by atoms with van der Waals surface area (Å²) in [4.78, 5) is 4.30. The van der Waals surface area contributed by atoms with E-state index in [1.54, 1.807) is 6.20 Å². The minimum Gasteiger partial charge on any atom is -0.278 e. The molecule has 3 nitrogen and oxygen atoms in total. The molecule has 0 saturated heterocycles. The molecule has 0 unspecified atom stereocenters. The predicted octanol–water partition coefficient (Wildman–Crippen LogP) is 2.11. The minimum atomic E-state index is 1.02. The smallest absolute Gasteiger partial charge is 0.0796 e. The maximum absolute atomic E-state index is 4.30. The maximum Gasteiger partial charge on any atom is 0.0796 e. The molecule has 0 spiro atoms. The van der Waals surface area contributed by atoms with E-state index < -0.39 is 0 Å². The second-order valence-electron chi connectivity index (χ2n) is 2.97. The number of fused-ring (bicyclic) bond motifs is 3. The molecule has 1 N–H and O–H groups in total. The SMILES string of the molecule is c1cc2c(ccc3ccnc32)[nH]n1. The van der Waals surface area contributed by atoms with Gasteiger partial charge in [-0.3, -0.25) is 10.1 Å². The van der Waals surface area contributed by atoms with Gasteiger partial charge in [0.05, 0.1) is 11.0 Å². The highest BCUT2D eigenvalue weighted by molar-refractivity contribution is 6.03. The van der Waals surface area contributed by atoms with Crippen LogP contribution in [0, 0.1) is 0 Å². The largest absolute Gasteiger partial charge is 0.278 e. The van der Waals surface area contributed by atoms with E-state index in [-0.39, 0.29) is 0 Å². The van der Waals surface area contributed by atoms with Gasteiger partial charge in [-0.2, -0.15) is 5.10 Å². The van der Waals surface area contributed by atoms with E-state index in [2.05, 4.69) is 15.2 Å². The molecule has 0 aliphatic carbocycles. The Labute approximate surface area is 74.4 Å². The average molecular weight is 169 g/mol. The first-order chi connectivity index (χ1) is 6.45. The van der Waals surface area contributed by atoms with Gasteiger partial charge in [-0.15, -0.1) is 0 Å². The van der Waals surface area contributed by atoms with Gasteiger partial charge < -0.3 is 0 Å². The molecule has 13 heavy (non-hydrogen) atoms. The molecule has 3 heteroatoms. The summed E-state index contributed by atoms with van der Waals surface area (Å²) in [5.74, 6) is 0. The zero-order valence-electron chi connectivity index (χ0n) is 6.86. The van der Waals surface area contributed by atoms with Crippen LogP contribution in [0.2, 0.25) is 0 Å². The van der Waals surface area contributed by atoms with Crippen molar-refractivity contribution < 1.29 is 0 Å². The number of H-pyrrole nitrogens is 1. The molecule has 3 rings (SSSR count). The molecule has 0 aliphatic heterocycles. The summed E-state index contributed by atoms with van der Waals surface area (Å²) in [6.07, 6.45) is 3.57. The van der Waals surface area contributed by atoms with Gasteiger partial charge in [0.2, 0.25) is 0 Å². The third-order valence-electron chi connectivity index (χ3n) is 2.21. The molecule has 1 aromatic carbocycles. The summed E-state index contributed by atoms with van der Waals surface area (Å²) < 4.78 is 0. The normalized spacial score (nSPS) is 11.1. The standard InChI is InChI=1S/C10H7N3/c1-2-9-8(4-6-12-13-9)10-7(1)3-5-11-10/h1-6,13H. The molecular formula is C10H7N3. The fraction of sp³-hybridized carbons (Fsp3) is 0. The van der Waals surface area contributed by atoms with Crippen LogP contribution in [0.4, 0.5) is 0 Å². The number of hydrogen-bond acceptors (Lipinski definition) is 2. The predicted molar refractivity (Wildman–Crippen MR) is 51.4 cm³/mol. The zero-order valence-corrected chi connectivity index (χ0v) is 6.86. The number of nitrogens with one attached hydrogen (secondary N) is 1. The Morgan fingerprint density at radius 1 is 1.00 bits per heavy atom. The molecule has 2 heterocycles. The fourth-order valence-corrected chi connectivity index (χ4v) is 1.58. The number of aromatic nitrogens is 3. The highest BCUT2D eigenvalue weighted by Gasteiger charge is 2.00. The van der Waals surface area contributed by atoms with E-state index in [0.29, 0.717) is 0 Å². The Bertz CT molecular complexity index is 568. The van der Waals surface area contributed by atoms with Crippen LogP contribution in [0.25, 0.3) is 21.8 Å². The van der Waals surface area contributed by atoms with Crippen molar-refractivity contribution in [2.24, 2.45) is 0 Å². The topological polar surface area (TPSA) is 41.6 Å². The van der Waals surface area contributed by atoms with Crippen LogP contribution >= 0.6 is 0 Å². The summed E-state index contributed by atoms with van der Waals surface area (Å²) in [6, 6.07) is 8.05. The lowest BCUT2D eigenvalue weighted by Crippen LogP contribution is -1.82. The Hall–Kier alpha value is -1.90. The molecule has 0 bridgehead atoms. The van der Waals surface area contributed by atoms with Crippen molar-refractivity contribution in [2.45, 2.75) is 0 Å². The summed E-state index contributed by atoms with van der Waals surface area (Å²) in [5.41, 5.74) is 2.06. The van der Waals surface area contributed by atoms with Crippen LogP contribution in [-0.4, -0.2) is 15.2 Å². The lowest BCUT2D eigenvalue weighted by Gasteiger charge is -1.96. The van der Waals surface area contributed by atoms with Crippen molar-refractivity contribution in [3.63, 3.8) is 0 Å². The minimum absolute atomic E-state index is 1.02. The maximum atomic E-state index is 4.30. The van der Waals surface area contributed by atoms with E-state index in [4.69, 9.17) is 0 Å². The number of benzene rings is 1. The first kappa shape index (κ1) is 6.60. The van der Waals surface area contributed by atoms with Gasteiger partial charge in [0, 0.05) is 23.2 Å². The number of aromatic amines is 1. The van der Waals surface area contributed by atoms with E-state index in [9.17, 15) is 0 Å². The summed E-state index contributed by atoms with van der Waals surface area (Å²) in [5, 5.41) is 9.19. The first-order valence-corrected chi connectivity index (χ1v) is 4.12. The van der Waals surface area contributed by atoms with Crippen molar-refractivity contribution >= 4 is 21.8 Å². The van der Waals surface area contributed by atoms with Crippen molar-refractivity contribution in [2.75, 3.05) is 0 Å². The van der Waals surface area contributed by atoms with Crippen LogP contribution in [0.3, 0.4) is 0 Å². The van der Waals surface area contributed by atoms with Crippen molar-refractivity contribution in [3.05, 3.63) is 36.7 Å². The number of nitrogens with zero attached hydrogens (tertiary/aromatic N) is 2. The second kappa shape index (κ2) is 2.29. The third kappa shape index (κ3) is 0.839. The number of hydrogen-bond donors (Lipinski definition) is 1. The quantitative estimate of drug-likeness (QED) is 0.560. The molecule has 0 fully saturated rings. The van der Waals surface area contributed by atoms with E-state index in [1.165, 1.54) is 5.39 Å². The molecule has 0 atom stereocenters. The van der Waals surface area contributed by atoms with Crippen LogP contribution in [0.15, 0.2) is 36.7 Å². The van der Waals surface area contributed by atoms with Crippen molar-refractivity contribution in [3.8, 4) is 0 Å². The Morgan fingerprint density at radius 2 is 2.00 bits per heavy atom. The summed E-state index contributed by atoms with van der Waals surface area (Å²) in [6.45, 7) is 0. The van der Waals surface area contributed by atoms with Crippen molar-refractivity contribution in [1.29, 1.82) is 0 Å². The van der Waals surface area contributed by atoms with Gasteiger partial charge >= 0.3 is 0 Å². The van der Waals surface area contributed by atoms with Gasteiger partial charge in [0.15, 0.2) is 0 Å². The lowest BCUT2D eigenvalue weighted by atomic mass is 10.2. The lowest BCUT2D eigenvalue weighted by molar-refractivity contribution is 1.08. The monoisotopic (exact) mass is 169 g/mol. The molecule has 2 aromatic heterocycles. The van der Waals surface area contributed by atoms with Crippen LogP contribution in [-0.2, 0) is 0 Å². The van der Waals surface area contributed by atoms with Gasteiger partial charge in [-0.05, 0) is 18.2 Å². The number of rotatable bonds is 0. The van der Waals surface area contributed by atoms with Gasteiger partial charge in [0.25, 0.3) is 0 Å². The molecule has 0 saturated carbocycles. The second-order valence-corrected chi connectivity index (χ2v) is 2.97. The Balaban J connectivity index is 2.65. The zero-order chi connectivity index (χ0) is 8.67. The average Bonchev–Trinajstić information content (AvgIpc) is 2.65.